The summed E-state index contributed by atoms with van der Waals surface area (Å²) in [6, 6.07) is 13.0. The Morgan fingerprint density at radius 2 is 2.03 bits per heavy atom. The Morgan fingerprint density at radius 1 is 1.25 bits per heavy atom. The summed E-state index contributed by atoms with van der Waals surface area (Å²) < 4.78 is 18.2. The Hall–Kier alpha value is -4.51. The molecule has 2 aromatic carbocycles. The Labute approximate surface area is 206 Å². The zero-order valence-corrected chi connectivity index (χ0v) is 19.6. The molecule has 1 atom stereocenters. The van der Waals surface area contributed by atoms with Crippen molar-refractivity contribution < 1.29 is 14.2 Å². The van der Waals surface area contributed by atoms with Gasteiger partial charge in [-0.1, -0.05) is 24.3 Å². The van der Waals surface area contributed by atoms with Gasteiger partial charge in [-0.3, -0.25) is 10.4 Å². The van der Waals surface area contributed by atoms with E-state index in [-0.39, 0.29) is 24.5 Å². The highest BCUT2D eigenvalue weighted by Gasteiger charge is 2.26. The molecule has 0 fully saturated rings. The van der Waals surface area contributed by atoms with Gasteiger partial charge in [0.2, 0.25) is 0 Å². The van der Waals surface area contributed by atoms with Crippen LogP contribution in [0.5, 0.6) is 11.5 Å². The predicted molar refractivity (Wildman–Crippen MR) is 131 cm³/mol. The number of aromatic amines is 1. The molecule has 0 aliphatic carbocycles. The normalized spacial score (nSPS) is 13.5. The number of rotatable bonds is 8. The number of nitrogen functional groups attached to an aromatic ring is 1. The number of nitrogens with zero attached hydrogens (tertiary/aromatic N) is 4. The molecule has 36 heavy (non-hydrogen) atoms. The fourth-order valence-corrected chi connectivity index (χ4v) is 4.13. The molecule has 1 aliphatic heterocycles. The Balaban J connectivity index is 1.61. The van der Waals surface area contributed by atoms with Gasteiger partial charge in [-0.25, -0.2) is 14.8 Å². The lowest BCUT2D eigenvalue weighted by atomic mass is 9.89. The zero-order chi connectivity index (χ0) is 25.1. The van der Waals surface area contributed by atoms with Crippen molar-refractivity contribution in [3.8, 4) is 17.4 Å². The Morgan fingerprint density at radius 3 is 2.75 bits per heavy atom. The lowest BCUT2D eigenvalue weighted by molar-refractivity contribution is -0.0183. The van der Waals surface area contributed by atoms with Crippen molar-refractivity contribution in [3.05, 3.63) is 93.4 Å². The Kier molecular flexibility index (Phi) is 6.46. The second-order valence-electron chi connectivity index (χ2n) is 8.19. The second kappa shape index (κ2) is 10.0. The maximum absolute atomic E-state index is 12.8. The third-order valence-electron chi connectivity index (χ3n) is 5.81. The van der Waals surface area contributed by atoms with E-state index in [1.54, 1.807) is 30.6 Å². The van der Waals surface area contributed by atoms with Crippen LogP contribution < -0.4 is 20.9 Å². The van der Waals surface area contributed by atoms with Crippen LogP contribution in [0.15, 0.2) is 59.7 Å². The van der Waals surface area contributed by atoms with Crippen LogP contribution in [0.4, 0.5) is 0 Å². The van der Waals surface area contributed by atoms with E-state index in [1.165, 1.54) is 0 Å². The maximum atomic E-state index is 12.8. The van der Waals surface area contributed by atoms with Crippen LogP contribution in [0.1, 0.15) is 40.9 Å². The molecular weight excluding hydrogens is 462 g/mol. The topological polar surface area (TPSA) is 154 Å². The van der Waals surface area contributed by atoms with Gasteiger partial charge in [-0.15, -0.1) is 9.78 Å². The molecule has 4 N–H and O–H groups in total. The van der Waals surface area contributed by atoms with Gasteiger partial charge >= 0.3 is 5.69 Å². The first kappa shape index (κ1) is 23.2. The summed E-state index contributed by atoms with van der Waals surface area (Å²) in [5.41, 5.74) is 8.50. The molecule has 0 saturated carbocycles. The van der Waals surface area contributed by atoms with Gasteiger partial charge in [0.25, 0.3) is 5.95 Å². The first-order valence-corrected chi connectivity index (χ1v) is 11.4. The number of H-pyrrole nitrogens is 1. The number of aromatic nitrogens is 5. The highest BCUT2D eigenvalue weighted by atomic mass is 16.7. The fourth-order valence-electron chi connectivity index (χ4n) is 4.13. The summed E-state index contributed by atoms with van der Waals surface area (Å²) >= 11 is 0. The average Bonchev–Trinajstić information content (AvgIpc) is 3.29. The van der Waals surface area contributed by atoms with E-state index in [0.717, 1.165) is 21.4 Å². The SMILES string of the molecule is CCOc1cc(C(Cc2ccc(C(=N)N)cc2)c2nn(-c3ncccn3)c(=O)[nH]2)cc2c1OCOC2. The molecule has 1 unspecified atom stereocenters. The summed E-state index contributed by atoms with van der Waals surface area (Å²) in [5.74, 6) is 1.55. The number of nitrogens with two attached hydrogens (primary N) is 1. The lowest BCUT2D eigenvalue weighted by Gasteiger charge is -2.24. The number of benzene rings is 2. The van der Waals surface area contributed by atoms with E-state index in [2.05, 4.69) is 20.1 Å². The summed E-state index contributed by atoms with van der Waals surface area (Å²) in [7, 11) is 0. The molecule has 0 spiro atoms. The molecule has 5 rings (SSSR count). The molecule has 0 saturated heterocycles. The first-order valence-electron chi connectivity index (χ1n) is 11.4. The van der Waals surface area contributed by atoms with Gasteiger partial charge in [0.15, 0.2) is 18.3 Å². The van der Waals surface area contributed by atoms with Crippen molar-refractivity contribution in [3.63, 3.8) is 0 Å². The summed E-state index contributed by atoms with van der Waals surface area (Å²) in [6.45, 7) is 2.92. The van der Waals surface area contributed by atoms with Crippen molar-refractivity contribution in [2.75, 3.05) is 13.4 Å². The monoisotopic (exact) mass is 487 g/mol. The van der Waals surface area contributed by atoms with E-state index in [4.69, 9.17) is 25.4 Å². The number of amidine groups is 1. The van der Waals surface area contributed by atoms with Gasteiger partial charge in [0.05, 0.1) is 13.2 Å². The number of fused-ring (bicyclic) bond motifs is 1. The van der Waals surface area contributed by atoms with E-state index < -0.39 is 5.69 Å². The molecule has 0 bridgehead atoms. The van der Waals surface area contributed by atoms with Crippen LogP contribution >= 0.6 is 0 Å². The zero-order valence-electron chi connectivity index (χ0n) is 19.6. The third kappa shape index (κ3) is 4.68. The molecule has 0 radical (unpaired) electrons. The van der Waals surface area contributed by atoms with Crippen LogP contribution in [0.2, 0.25) is 0 Å². The first-order chi connectivity index (χ1) is 17.5. The van der Waals surface area contributed by atoms with Crippen molar-refractivity contribution >= 4 is 5.84 Å². The van der Waals surface area contributed by atoms with Gasteiger partial charge in [0, 0.05) is 29.4 Å². The van der Waals surface area contributed by atoms with Crippen molar-refractivity contribution in [1.82, 2.24) is 24.7 Å². The van der Waals surface area contributed by atoms with Gasteiger partial charge < -0.3 is 19.9 Å². The molecule has 184 valence electrons. The van der Waals surface area contributed by atoms with E-state index in [0.29, 0.717) is 42.5 Å². The minimum atomic E-state index is -0.442. The van der Waals surface area contributed by atoms with Crippen molar-refractivity contribution in [2.45, 2.75) is 25.9 Å². The van der Waals surface area contributed by atoms with Gasteiger partial charge in [-0.2, -0.15) is 0 Å². The molecule has 11 nitrogen and oxygen atoms in total. The molecule has 2 aromatic heterocycles. The van der Waals surface area contributed by atoms with E-state index >= 15 is 0 Å². The quantitative estimate of drug-likeness (QED) is 0.253. The number of hydrogen-bond acceptors (Lipinski definition) is 8. The summed E-state index contributed by atoms with van der Waals surface area (Å²) in [4.78, 5) is 24.0. The van der Waals surface area contributed by atoms with E-state index in [9.17, 15) is 4.79 Å². The highest BCUT2D eigenvalue weighted by Crippen LogP contribution is 2.39. The van der Waals surface area contributed by atoms with Crippen LogP contribution in [0, 0.1) is 5.41 Å². The van der Waals surface area contributed by atoms with Gasteiger partial charge in [0.1, 0.15) is 11.7 Å². The van der Waals surface area contributed by atoms with Gasteiger partial charge in [-0.05, 0) is 42.7 Å². The number of ether oxygens (including phenoxy) is 3. The third-order valence-corrected chi connectivity index (χ3v) is 5.81. The summed E-state index contributed by atoms with van der Waals surface area (Å²) in [5, 5.41) is 12.2. The van der Waals surface area contributed by atoms with Crippen LogP contribution in [0.25, 0.3) is 5.95 Å². The molecule has 0 amide bonds. The molecule has 4 aromatic rings. The Bertz CT molecular complexity index is 1430. The summed E-state index contributed by atoms with van der Waals surface area (Å²) in [6.07, 6.45) is 3.61. The highest BCUT2D eigenvalue weighted by molar-refractivity contribution is 5.94. The maximum Gasteiger partial charge on any atom is 0.350 e. The fraction of sp³-hybridized carbons (Fsp3) is 0.240. The minimum Gasteiger partial charge on any atom is -0.490 e. The van der Waals surface area contributed by atoms with E-state index in [1.807, 2.05) is 31.2 Å². The van der Waals surface area contributed by atoms with Crippen LogP contribution in [-0.4, -0.2) is 44.0 Å². The standard InChI is InChI=1S/C25H25N7O4/c1-2-35-20-12-17(11-18-13-34-14-36-21(18)20)19(10-15-4-6-16(7-5-15)22(26)27)23-30-25(33)32(31-23)24-28-8-3-9-29-24/h3-9,11-12,19H,2,10,13-14H2,1H3,(H3,26,27)(H,30,31,33). The van der Waals surface area contributed by atoms with Crippen LogP contribution in [0.3, 0.4) is 0 Å². The number of hydrogen-bond donors (Lipinski definition) is 3. The van der Waals surface area contributed by atoms with Crippen LogP contribution in [-0.2, 0) is 17.8 Å². The smallest absolute Gasteiger partial charge is 0.350 e. The minimum absolute atomic E-state index is 0.0000719. The largest absolute Gasteiger partial charge is 0.490 e. The molecule has 3 heterocycles. The molecular formula is C25H25N7O4. The molecule has 1 aliphatic rings. The van der Waals surface area contributed by atoms with Crippen molar-refractivity contribution in [1.29, 1.82) is 5.41 Å². The van der Waals surface area contributed by atoms with Crippen molar-refractivity contribution in [2.24, 2.45) is 5.73 Å². The average molecular weight is 488 g/mol. The predicted octanol–water partition coefficient (Wildman–Crippen LogP) is 2.27. The lowest BCUT2D eigenvalue weighted by Crippen LogP contribution is -2.18. The number of nitrogens with one attached hydrogen (secondary N) is 2. The molecule has 11 heteroatoms. The second-order valence-corrected chi connectivity index (χ2v) is 8.19.